The zero-order chi connectivity index (χ0) is 24.4. The van der Waals surface area contributed by atoms with Gasteiger partial charge in [0.25, 0.3) is 11.6 Å². The summed E-state index contributed by atoms with van der Waals surface area (Å²) in [6, 6.07) is 11.8. The van der Waals surface area contributed by atoms with Crippen LogP contribution >= 0.6 is 0 Å². The first-order valence-electron chi connectivity index (χ1n) is 10.9. The Morgan fingerprint density at radius 2 is 1.88 bits per heavy atom. The number of nitro groups is 1. The Bertz CT molecular complexity index is 1140. The number of carbonyl (C=O) groups excluding carboxylic acids is 3. The number of hydrogen-bond donors (Lipinski definition) is 1. The van der Waals surface area contributed by atoms with Crippen molar-refractivity contribution >= 4 is 35.0 Å². The van der Waals surface area contributed by atoms with Crippen molar-refractivity contribution < 1.29 is 24.0 Å². The highest BCUT2D eigenvalue weighted by Gasteiger charge is 2.35. The molecule has 0 atom stereocenters. The molecule has 2 aliphatic heterocycles. The SMILES string of the molecule is CN(CC(N)=O)C(=O)c1ccc(N2CCC(N3C(=O)OCc4ccccc43)CC2)c([N+](=O)[O-])c1. The van der Waals surface area contributed by atoms with Crippen molar-refractivity contribution in [1.82, 2.24) is 4.90 Å². The number of ether oxygens (including phenoxy) is 1. The standard InChI is InChI=1S/C23H25N5O6/c1-25(13-21(24)29)22(30)15-6-7-19(20(12-15)28(32)33)26-10-8-17(9-11-26)27-18-5-3-2-4-16(18)14-34-23(27)31/h2-7,12,17H,8-11,13-14H2,1H3,(H2,24,29). The lowest BCUT2D eigenvalue weighted by Crippen LogP contribution is -2.49. The van der Waals surface area contributed by atoms with Crippen LogP contribution in [0.1, 0.15) is 28.8 Å². The van der Waals surface area contributed by atoms with Crippen LogP contribution in [0.5, 0.6) is 0 Å². The van der Waals surface area contributed by atoms with Gasteiger partial charge in [0.15, 0.2) is 0 Å². The minimum Gasteiger partial charge on any atom is -0.444 e. The van der Waals surface area contributed by atoms with Crippen molar-refractivity contribution in [2.75, 3.05) is 36.5 Å². The number of cyclic esters (lactones) is 1. The summed E-state index contributed by atoms with van der Waals surface area (Å²) in [6.07, 6.45) is 0.816. The van der Waals surface area contributed by atoms with Crippen molar-refractivity contribution in [3.8, 4) is 0 Å². The van der Waals surface area contributed by atoms with Gasteiger partial charge in [-0.25, -0.2) is 4.79 Å². The van der Waals surface area contributed by atoms with Gasteiger partial charge in [-0.1, -0.05) is 18.2 Å². The molecule has 11 nitrogen and oxygen atoms in total. The minimum absolute atomic E-state index is 0.0902. The van der Waals surface area contributed by atoms with E-state index in [2.05, 4.69) is 0 Å². The maximum atomic E-state index is 12.5. The number of piperidine rings is 1. The summed E-state index contributed by atoms with van der Waals surface area (Å²) < 4.78 is 5.33. The molecule has 0 aliphatic carbocycles. The van der Waals surface area contributed by atoms with E-state index >= 15 is 0 Å². The highest BCUT2D eigenvalue weighted by Crippen LogP contribution is 2.35. The van der Waals surface area contributed by atoms with Crippen molar-refractivity contribution in [3.63, 3.8) is 0 Å². The average Bonchev–Trinajstić information content (AvgIpc) is 2.83. The number of para-hydroxylation sites is 1. The lowest BCUT2D eigenvalue weighted by molar-refractivity contribution is -0.384. The van der Waals surface area contributed by atoms with E-state index in [9.17, 15) is 24.5 Å². The highest BCUT2D eigenvalue weighted by molar-refractivity contribution is 5.97. The normalized spacial score (nSPS) is 16.0. The van der Waals surface area contributed by atoms with E-state index in [4.69, 9.17) is 10.5 Å². The maximum Gasteiger partial charge on any atom is 0.414 e. The zero-order valence-electron chi connectivity index (χ0n) is 18.7. The Kier molecular flexibility index (Phi) is 6.35. The fraction of sp³-hybridized carbons (Fsp3) is 0.348. The number of amides is 3. The van der Waals surface area contributed by atoms with Gasteiger partial charge in [0, 0.05) is 43.4 Å². The molecule has 2 heterocycles. The first-order valence-corrected chi connectivity index (χ1v) is 10.9. The first-order chi connectivity index (χ1) is 16.3. The van der Waals surface area contributed by atoms with Gasteiger partial charge >= 0.3 is 6.09 Å². The number of nitrogens with zero attached hydrogens (tertiary/aromatic N) is 4. The van der Waals surface area contributed by atoms with Crippen molar-refractivity contribution in [2.45, 2.75) is 25.5 Å². The fourth-order valence-corrected chi connectivity index (χ4v) is 4.48. The second kappa shape index (κ2) is 9.38. The van der Waals surface area contributed by atoms with Crippen LogP contribution < -0.4 is 15.5 Å². The number of benzene rings is 2. The predicted molar refractivity (Wildman–Crippen MR) is 124 cm³/mol. The third kappa shape index (κ3) is 4.49. The Morgan fingerprint density at radius 3 is 2.56 bits per heavy atom. The largest absolute Gasteiger partial charge is 0.444 e. The molecule has 3 amide bonds. The molecule has 0 radical (unpaired) electrons. The monoisotopic (exact) mass is 467 g/mol. The molecule has 0 aromatic heterocycles. The minimum atomic E-state index is -0.676. The lowest BCUT2D eigenvalue weighted by Gasteiger charge is -2.40. The summed E-state index contributed by atoms with van der Waals surface area (Å²) >= 11 is 0. The smallest absolute Gasteiger partial charge is 0.414 e. The molecule has 2 aromatic rings. The van der Waals surface area contributed by atoms with Gasteiger partial charge in [-0.15, -0.1) is 0 Å². The lowest BCUT2D eigenvalue weighted by atomic mass is 9.99. The first kappa shape index (κ1) is 23.0. The second-order valence-electron chi connectivity index (χ2n) is 8.36. The van der Waals surface area contributed by atoms with Crippen LogP contribution in [-0.4, -0.2) is 60.5 Å². The van der Waals surface area contributed by atoms with Crippen molar-refractivity contribution in [1.29, 1.82) is 0 Å². The van der Waals surface area contributed by atoms with E-state index in [0.717, 1.165) is 16.2 Å². The molecule has 1 fully saturated rings. The quantitative estimate of drug-likeness (QED) is 0.508. The van der Waals surface area contributed by atoms with E-state index in [1.165, 1.54) is 19.2 Å². The number of rotatable bonds is 6. The Morgan fingerprint density at radius 1 is 1.18 bits per heavy atom. The number of nitro benzene ring substituents is 1. The van der Waals surface area contributed by atoms with Crippen LogP contribution in [-0.2, 0) is 16.1 Å². The van der Waals surface area contributed by atoms with Crippen LogP contribution in [0.15, 0.2) is 42.5 Å². The van der Waals surface area contributed by atoms with E-state index in [-0.39, 0.29) is 36.5 Å². The van der Waals surface area contributed by atoms with Gasteiger partial charge < -0.3 is 20.3 Å². The van der Waals surface area contributed by atoms with Gasteiger partial charge in [-0.2, -0.15) is 0 Å². The molecule has 0 unspecified atom stereocenters. The number of anilines is 2. The molecule has 2 N–H and O–H groups in total. The van der Waals surface area contributed by atoms with Gasteiger partial charge in [0.2, 0.25) is 5.91 Å². The molecule has 34 heavy (non-hydrogen) atoms. The summed E-state index contributed by atoms with van der Waals surface area (Å²) in [4.78, 5) is 52.1. The van der Waals surface area contributed by atoms with Gasteiger partial charge in [0.05, 0.1) is 17.2 Å². The maximum absolute atomic E-state index is 12.5. The van der Waals surface area contributed by atoms with Gasteiger partial charge in [-0.3, -0.25) is 24.6 Å². The zero-order valence-corrected chi connectivity index (χ0v) is 18.7. The summed E-state index contributed by atoms with van der Waals surface area (Å²) in [7, 11) is 1.40. The molecule has 4 rings (SSSR count). The van der Waals surface area contributed by atoms with E-state index in [1.807, 2.05) is 29.2 Å². The van der Waals surface area contributed by atoms with Crippen LogP contribution in [0.3, 0.4) is 0 Å². The molecule has 178 valence electrons. The van der Waals surface area contributed by atoms with Gasteiger partial charge in [0.1, 0.15) is 12.3 Å². The van der Waals surface area contributed by atoms with Gasteiger partial charge in [-0.05, 0) is 31.0 Å². The number of fused-ring (bicyclic) bond motifs is 1. The number of nitrogens with two attached hydrogens (primary N) is 1. The number of hydrogen-bond acceptors (Lipinski definition) is 7. The molecule has 0 bridgehead atoms. The number of primary amides is 1. The Balaban J connectivity index is 1.51. The Labute approximate surface area is 195 Å². The van der Waals surface area contributed by atoms with Crippen molar-refractivity contribution in [2.24, 2.45) is 5.73 Å². The molecular weight excluding hydrogens is 442 g/mol. The second-order valence-corrected chi connectivity index (χ2v) is 8.36. The van der Waals surface area contributed by atoms with E-state index < -0.39 is 16.7 Å². The fourth-order valence-electron chi connectivity index (χ4n) is 4.48. The molecule has 1 saturated heterocycles. The molecule has 11 heteroatoms. The summed E-state index contributed by atoms with van der Waals surface area (Å²) in [5, 5.41) is 11.8. The van der Waals surface area contributed by atoms with E-state index in [0.29, 0.717) is 31.6 Å². The molecule has 0 saturated carbocycles. The topological polar surface area (TPSA) is 139 Å². The van der Waals surface area contributed by atoms with Crippen LogP contribution in [0.25, 0.3) is 0 Å². The van der Waals surface area contributed by atoms with E-state index in [1.54, 1.807) is 11.0 Å². The molecule has 2 aromatic carbocycles. The summed E-state index contributed by atoms with van der Waals surface area (Å²) in [6.45, 7) is 0.943. The number of likely N-dealkylation sites (N-methyl/N-ethyl adjacent to an activating group) is 1. The third-order valence-electron chi connectivity index (χ3n) is 6.13. The van der Waals surface area contributed by atoms with Crippen molar-refractivity contribution in [3.05, 3.63) is 63.7 Å². The third-order valence-corrected chi connectivity index (χ3v) is 6.13. The number of carbonyl (C=O) groups is 3. The summed E-state index contributed by atoms with van der Waals surface area (Å²) in [5.41, 5.74) is 7.22. The summed E-state index contributed by atoms with van der Waals surface area (Å²) in [5.74, 6) is -1.21. The highest BCUT2D eigenvalue weighted by atomic mass is 16.6. The molecule has 0 spiro atoms. The molecule has 2 aliphatic rings. The van der Waals surface area contributed by atoms with Crippen LogP contribution in [0.4, 0.5) is 21.9 Å². The predicted octanol–water partition coefficient (Wildman–Crippen LogP) is 2.28. The average molecular weight is 467 g/mol. The Hall–Kier alpha value is -4.15. The molecular formula is C23H25N5O6. The van der Waals surface area contributed by atoms with Crippen LogP contribution in [0, 0.1) is 10.1 Å². The van der Waals surface area contributed by atoms with Crippen LogP contribution in [0.2, 0.25) is 0 Å².